The maximum absolute atomic E-state index is 14.0. The van der Waals surface area contributed by atoms with Gasteiger partial charge in [0.2, 0.25) is 29.5 Å². The molecule has 0 aromatic heterocycles. The van der Waals surface area contributed by atoms with E-state index in [2.05, 4.69) is 0 Å². The van der Waals surface area contributed by atoms with E-state index in [0.717, 1.165) is 36.4 Å². The predicted octanol–water partition coefficient (Wildman–Crippen LogP) is 11.9. The van der Waals surface area contributed by atoms with Crippen LogP contribution in [0.5, 0.6) is 0 Å². The molecule has 6 nitrogen and oxygen atoms in total. The maximum Gasteiger partial charge on any atom is 0.419 e. The summed E-state index contributed by atoms with van der Waals surface area (Å²) in [5, 5.41) is 0. The van der Waals surface area contributed by atoms with Crippen LogP contribution in [0.25, 0.3) is 33.4 Å². The minimum atomic E-state index is -5.17. The van der Waals surface area contributed by atoms with Crippen molar-refractivity contribution < 1.29 is 64.8 Å². The molecule has 0 aliphatic heterocycles. The number of sulfone groups is 3. The molecule has 0 saturated heterocycles. The molecule has 0 saturated carbocycles. The molecule has 324 valence electrons. The average Bonchev–Trinajstić information content (AvgIpc) is 3.24. The second-order valence-corrected chi connectivity index (χ2v) is 19.9. The number of halogens is 9. The van der Waals surface area contributed by atoms with Gasteiger partial charge in [0.15, 0.2) is 0 Å². The summed E-state index contributed by atoms with van der Waals surface area (Å²) in [5.74, 6) is -3.90. The molecule has 0 aliphatic carbocycles. The van der Waals surface area contributed by atoms with E-state index in [1.807, 2.05) is 0 Å². The van der Waals surface area contributed by atoms with E-state index < -0.39 is 90.0 Å². The molecular formula is C45H27F9O6S3. The standard InChI is InChI=1S/C45H27F9O6S3/c1-26-20-36(14-17-41(26)46)61(55,56)33-8-2-27(3-9-33)30-21-31(28-4-10-34(11-5-28)62(57,58)37-15-18-42(47)39(24-37)44(49,50)51)23-32(22-30)29-6-12-35(13-7-29)63(59,60)38-16-19-43(48)40(25-38)45(52,53)54/h2-25H,1H3. The van der Waals surface area contributed by atoms with Crippen molar-refractivity contribution in [1.29, 1.82) is 0 Å². The third kappa shape index (κ3) is 8.87. The van der Waals surface area contributed by atoms with Gasteiger partial charge in [-0.25, -0.2) is 38.4 Å². The van der Waals surface area contributed by atoms with Gasteiger partial charge in [-0.05, 0) is 155 Å². The second kappa shape index (κ2) is 16.1. The number of hydrogen-bond donors (Lipinski definition) is 0. The van der Waals surface area contributed by atoms with Crippen LogP contribution in [0.4, 0.5) is 39.5 Å². The summed E-state index contributed by atoms with van der Waals surface area (Å²) in [6.45, 7) is 1.41. The van der Waals surface area contributed by atoms with E-state index >= 15 is 0 Å². The van der Waals surface area contributed by atoms with Gasteiger partial charge >= 0.3 is 12.4 Å². The van der Waals surface area contributed by atoms with E-state index in [4.69, 9.17) is 0 Å². The van der Waals surface area contributed by atoms with Gasteiger partial charge in [-0.15, -0.1) is 0 Å². The monoisotopic (exact) mass is 930 g/mol. The van der Waals surface area contributed by atoms with Crippen molar-refractivity contribution in [1.82, 2.24) is 0 Å². The van der Waals surface area contributed by atoms with E-state index in [0.29, 0.717) is 57.6 Å². The Balaban J connectivity index is 1.29. The number of rotatable bonds is 9. The summed E-state index contributed by atoms with van der Waals surface area (Å²) in [6.07, 6.45) is -10.3. The molecular weight excluding hydrogens is 904 g/mol. The fraction of sp³-hybridized carbons (Fsp3) is 0.0667. The Hall–Kier alpha value is -6.24. The molecule has 0 N–H and O–H groups in total. The Labute approximate surface area is 354 Å². The van der Waals surface area contributed by atoms with Crippen LogP contribution in [-0.4, -0.2) is 25.3 Å². The van der Waals surface area contributed by atoms with Crippen LogP contribution in [0.15, 0.2) is 175 Å². The molecule has 0 aliphatic rings. The van der Waals surface area contributed by atoms with Gasteiger partial charge in [0, 0.05) is 0 Å². The molecule has 0 unspecified atom stereocenters. The zero-order valence-electron chi connectivity index (χ0n) is 31.9. The fourth-order valence-electron chi connectivity index (χ4n) is 6.58. The summed E-state index contributed by atoms with van der Waals surface area (Å²) >= 11 is 0. The quantitative estimate of drug-likeness (QED) is 0.106. The van der Waals surface area contributed by atoms with Gasteiger partial charge in [0.1, 0.15) is 17.5 Å². The third-order valence-electron chi connectivity index (χ3n) is 9.97. The Morgan fingerprint density at radius 1 is 0.317 bits per heavy atom. The van der Waals surface area contributed by atoms with Gasteiger partial charge < -0.3 is 0 Å². The molecule has 18 heteroatoms. The molecule has 0 radical (unpaired) electrons. The zero-order valence-corrected chi connectivity index (χ0v) is 34.4. The number of aryl methyl sites for hydroxylation is 1. The summed E-state index contributed by atoms with van der Waals surface area (Å²) in [5.41, 5.74) is -0.945. The Morgan fingerprint density at radius 3 is 0.841 bits per heavy atom. The smallest absolute Gasteiger partial charge is 0.219 e. The predicted molar refractivity (Wildman–Crippen MR) is 213 cm³/mol. The molecule has 0 spiro atoms. The average molecular weight is 931 g/mol. The largest absolute Gasteiger partial charge is 0.419 e. The first kappa shape index (κ1) is 44.8. The van der Waals surface area contributed by atoms with Crippen LogP contribution < -0.4 is 0 Å². The molecule has 0 bridgehead atoms. The summed E-state index contributed by atoms with van der Waals surface area (Å²) in [4.78, 5) is -2.71. The van der Waals surface area contributed by atoms with Gasteiger partial charge in [-0.3, -0.25) is 0 Å². The zero-order chi connectivity index (χ0) is 45.9. The van der Waals surface area contributed by atoms with E-state index in [1.54, 1.807) is 18.2 Å². The first-order valence-electron chi connectivity index (χ1n) is 18.1. The molecule has 7 rings (SSSR count). The van der Waals surface area contributed by atoms with E-state index in [-0.39, 0.29) is 27.5 Å². The highest BCUT2D eigenvalue weighted by atomic mass is 32.2. The van der Waals surface area contributed by atoms with Crippen molar-refractivity contribution >= 4 is 29.5 Å². The topological polar surface area (TPSA) is 102 Å². The van der Waals surface area contributed by atoms with Gasteiger partial charge in [0.25, 0.3) is 0 Å². The Bertz CT molecular complexity index is 3100. The van der Waals surface area contributed by atoms with Crippen molar-refractivity contribution in [2.45, 2.75) is 48.6 Å². The van der Waals surface area contributed by atoms with Crippen LogP contribution in [-0.2, 0) is 41.9 Å². The molecule has 63 heavy (non-hydrogen) atoms. The lowest BCUT2D eigenvalue weighted by Gasteiger charge is -2.14. The molecule has 0 heterocycles. The number of hydrogen-bond acceptors (Lipinski definition) is 6. The molecule has 7 aromatic carbocycles. The lowest BCUT2D eigenvalue weighted by molar-refractivity contribution is -0.141. The van der Waals surface area contributed by atoms with Gasteiger partial charge in [-0.1, -0.05) is 36.4 Å². The number of alkyl halides is 6. The highest BCUT2D eigenvalue weighted by Crippen LogP contribution is 2.38. The second-order valence-electron chi connectivity index (χ2n) is 14.1. The molecule has 7 aromatic rings. The van der Waals surface area contributed by atoms with Gasteiger partial charge in [0.05, 0.1) is 40.5 Å². The van der Waals surface area contributed by atoms with Crippen molar-refractivity contribution in [2.75, 3.05) is 0 Å². The first-order valence-corrected chi connectivity index (χ1v) is 22.5. The Kier molecular flexibility index (Phi) is 11.5. The summed E-state index contributed by atoms with van der Waals surface area (Å²) in [7, 11) is -13.3. The Morgan fingerprint density at radius 2 is 0.571 bits per heavy atom. The lowest BCUT2D eigenvalue weighted by atomic mass is 9.93. The van der Waals surface area contributed by atoms with Crippen LogP contribution in [0.2, 0.25) is 0 Å². The van der Waals surface area contributed by atoms with Gasteiger partial charge in [-0.2, -0.15) is 26.3 Å². The van der Waals surface area contributed by atoms with Crippen molar-refractivity contribution in [3.05, 3.63) is 180 Å². The summed E-state index contributed by atoms with van der Waals surface area (Å²) in [6, 6.07) is 26.5. The normalized spacial score (nSPS) is 12.7. The van der Waals surface area contributed by atoms with Crippen molar-refractivity contribution in [2.24, 2.45) is 0 Å². The van der Waals surface area contributed by atoms with E-state index in [1.165, 1.54) is 61.5 Å². The van der Waals surface area contributed by atoms with Crippen molar-refractivity contribution in [3.63, 3.8) is 0 Å². The minimum Gasteiger partial charge on any atom is -0.219 e. The highest BCUT2D eigenvalue weighted by Gasteiger charge is 2.37. The van der Waals surface area contributed by atoms with Crippen LogP contribution >= 0.6 is 0 Å². The molecule has 0 amide bonds. The summed E-state index contributed by atoms with van der Waals surface area (Å²) < 4.78 is 203. The molecule has 0 atom stereocenters. The lowest BCUT2D eigenvalue weighted by Crippen LogP contribution is -2.11. The van der Waals surface area contributed by atoms with Crippen LogP contribution in [0, 0.1) is 24.4 Å². The number of benzene rings is 7. The highest BCUT2D eigenvalue weighted by molar-refractivity contribution is 7.92. The SMILES string of the molecule is Cc1cc(S(=O)(=O)c2ccc(-c3cc(-c4ccc(S(=O)(=O)c5ccc(F)c(C(F)(F)F)c5)cc4)cc(-c4ccc(S(=O)(=O)c5ccc(F)c(C(F)(F)F)c5)cc4)c3)cc2)ccc1F. The molecule has 0 fully saturated rings. The minimum absolute atomic E-state index is 0.116. The fourth-order valence-corrected chi connectivity index (χ4v) is 10.5. The van der Waals surface area contributed by atoms with Crippen molar-refractivity contribution in [3.8, 4) is 33.4 Å². The third-order valence-corrected chi connectivity index (χ3v) is 15.3. The first-order chi connectivity index (χ1) is 29.4. The maximum atomic E-state index is 14.0. The van der Waals surface area contributed by atoms with E-state index in [9.17, 15) is 64.8 Å². The van der Waals surface area contributed by atoms with Crippen LogP contribution in [0.1, 0.15) is 16.7 Å². The van der Waals surface area contributed by atoms with Crippen LogP contribution in [0.3, 0.4) is 0 Å².